The van der Waals surface area contributed by atoms with Crippen molar-refractivity contribution in [2.45, 2.75) is 0 Å². The Morgan fingerprint density at radius 1 is 0.600 bits per heavy atom. The standard InChI is InChI=1S/3FH.Li.Mg/h3*1H;;/q;;;+1;+2/p-3. The summed E-state index contributed by atoms with van der Waals surface area (Å²) in [6.07, 6.45) is 0. The maximum absolute atomic E-state index is 0. The number of hydrogen-bond acceptors (Lipinski definition) is 0. The van der Waals surface area contributed by atoms with Crippen molar-refractivity contribution in [2.24, 2.45) is 0 Å². The molecule has 0 aromatic rings. The topological polar surface area (TPSA) is 0 Å². The van der Waals surface area contributed by atoms with Crippen molar-refractivity contribution >= 4 is 23.1 Å². The van der Waals surface area contributed by atoms with Gasteiger partial charge in [0.15, 0.2) is 0 Å². The van der Waals surface area contributed by atoms with Crippen LogP contribution in [0.3, 0.4) is 0 Å². The molecule has 0 aliphatic carbocycles. The van der Waals surface area contributed by atoms with Gasteiger partial charge in [0, 0.05) is 0 Å². The summed E-state index contributed by atoms with van der Waals surface area (Å²) >= 11 is 0. The number of hydrogen-bond donors (Lipinski definition) is 0. The van der Waals surface area contributed by atoms with Crippen molar-refractivity contribution in [3.05, 3.63) is 0 Å². The van der Waals surface area contributed by atoms with Gasteiger partial charge in [0.2, 0.25) is 0 Å². The smallest absolute Gasteiger partial charge is 1.00 e. The maximum atomic E-state index is 0. The minimum atomic E-state index is 0. The van der Waals surface area contributed by atoms with Gasteiger partial charge in [-0.2, -0.15) is 0 Å². The van der Waals surface area contributed by atoms with Crippen molar-refractivity contribution < 1.29 is 33.0 Å². The fraction of sp³-hybridized carbons (Fsp3) is 0. The first kappa shape index (κ1) is 123. The monoisotopic (exact) mass is 88.0 g/mol. The molecule has 5 heavy (non-hydrogen) atoms. The second-order valence-electron chi connectivity index (χ2n) is 0. The molecule has 0 aliphatic rings. The first-order valence-electron chi connectivity index (χ1n) is 0. The minimum absolute atomic E-state index is 0. The fourth-order valence-corrected chi connectivity index (χ4v) is 0. The van der Waals surface area contributed by atoms with Crippen LogP contribution in [0.2, 0.25) is 0 Å². The number of halogens is 3. The molecule has 0 aliphatic heterocycles. The average molecular weight is 88.2 g/mol. The molecule has 0 saturated carbocycles. The maximum Gasteiger partial charge on any atom is 2.00 e. The second-order valence-corrected chi connectivity index (χ2v) is 0. The molecular weight excluding hydrogens is 88.2 g/mol. The van der Waals surface area contributed by atoms with Gasteiger partial charge < -0.3 is 14.1 Å². The molecule has 0 heterocycles. The van der Waals surface area contributed by atoms with Gasteiger partial charge >= 0.3 is 41.9 Å². The van der Waals surface area contributed by atoms with E-state index in [0.29, 0.717) is 0 Å². The minimum Gasteiger partial charge on any atom is -1.00 e. The van der Waals surface area contributed by atoms with E-state index in [0.717, 1.165) is 0 Å². The van der Waals surface area contributed by atoms with Gasteiger partial charge in [-0.25, -0.2) is 0 Å². The third kappa shape index (κ3) is 38.5. The van der Waals surface area contributed by atoms with Crippen LogP contribution >= 0.6 is 0 Å². The Hall–Kier alpha value is 1.15. The molecule has 5 heteroatoms. The zero-order valence-corrected chi connectivity index (χ0v) is 4.26. The first-order valence-corrected chi connectivity index (χ1v) is 0. The Morgan fingerprint density at radius 3 is 0.600 bits per heavy atom. The van der Waals surface area contributed by atoms with Crippen LogP contribution in [-0.2, 0) is 0 Å². The third-order valence-corrected chi connectivity index (χ3v) is 0. The quantitative estimate of drug-likeness (QED) is 0.258. The van der Waals surface area contributed by atoms with Crippen molar-refractivity contribution in [1.82, 2.24) is 0 Å². The third-order valence-electron chi connectivity index (χ3n) is 0. The van der Waals surface area contributed by atoms with Gasteiger partial charge in [-0.3, -0.25) is 0 Å². The Balaban J connectivity index is 0. The predicted octanol–water partition coefficient (Wildman–Crippen LogP) is -12.4. The average Bonchev–Trinajstić information content (AvgIpc) is 0. The van der Waals surface area contributed by atoms with Crippen LogP contribution in [0.5, 0.6) is 0 Å². The summed E-state index contributed by atoms with van der Waals surface area (Å²) in [4.78, 5) is 0. The molecule has 0 nitrogen and oxygen atoms in total. The van der Waals surface area contributed by atoms with Crippen LogP contribution in [-0.4, -0.2) is 23.1 Å². The zero-order valence-electron chi connectivity index (χ0n) is 2.84. The van der Waals surface area contributed by atoms with E-state index in [1.807, 2.05) is 0 Å². The SMILES string of the molecule is [F-].[F-].[F-].[Li+].[Mg+2]. The summed E-state index contributed by atoms with van der Waals surface area (Å²) in [6, 6.07) is 0. The molecule has 0 radical (unpaired) electrons. The second kappa shape index (κ2) is 66.8. The molecule has 0 aromatic heterocycles. The van der Waals surface area contributed by atoms with E-state index in [9.17, 15) is 0 Å². The van der Waals surface area contributed by atoms with Crippen molar-refractivity contribution in [3.63, 3.8) is 0 Å². The molecule has 0 atom stereocenters. The summed E-state index contributed by atoms with van der Waals surface area (Å²) in [5, 5.41) is 0. The van der Waals surface area contributed by atoms with Crippen LogP contribution in [0.15, 0.2) is 0 Å². The predicted molar refractivity (Wildman–Crippen MR) is 5.75 cm³/mol. The van der Waals surface area contributed by atoms with E-state index < -0.39 is 0 Å². The van der Waals surface area contributed by atoms with Gasteiger partial charge in [-0.1, -0.05) is 0 Å². The van der Waals surface area contributed by atoms with Crippen LogP contribution in [0.25, 0.3) is 0 Å². The summed E-state index contributed by atoms with van der Waals surface area (Å²) in [6.45, 7) is 0. The molecule has 0 aromatic carbocycles. The largest absolute Gasteiger partial charge is 2.00 e. The Bertz CT molecular complexity index is 6.85. The summed E-state index contributed by atoms with van der Waals surface area (Å²) in [5.41, 5.74) is 0. The fourth-order valence-electron chi connectivity index (χ4n) is 0. The molecule has 0 bridgehead atoms. The van der Waals surface area contributed by atoms with Gasteiger partial charge in [0.05, 0.1) is 0 Å². The molecule has 0 amide bonds. The van der Waals surface area contributed by atoms with Gasteiger partial charge in [-0.15, -0.1) is 0 Å². The van der Waals surface area contributed by atoms with E-state index >= 15 is 0 Å². The molecular formula is F3LiMg. The molecule has 0 spiro atoms. The molecule has 0 unspecified atom stereocenters. The van der Waals surface area contributed by atoms with Crippen LogP contribution in [0.1, 0.15) is 0 Å². The molecule has 0 N–H and O–H groups in total. The van der Waals surface area contributed by atoms with Crippen molar-refractivity contribution in [3.8, 4) is 0 Å². The summed E-state index contributed by atoms with van der Waals surface area (Å²) < 4.78 is 0. The van der Waals surface area contributed by atoms with Gasteiger partial charge in [0.25, 0.3) is 0 Å². The van der Waals surface area contributed by atoms with Crippen LogP contribution in [0, 0.1) is 0 Å². The molecule has 0 fully saturated rings. The van der Waals surface area contributed by atoms with Crippen LogP contribution in [0.4, 0.5) is 0 Å². The van der Waals surface area contributed by atoms with Crippen molar-refractivity contribution in [2.75, 3.05) is 0 Å². The molecule has 24 valence electrons. The van der Waals surface area contributed by atoms with E-state index in [-0.39, 0.29) is 56.0 Å². The summed E-state index contributed by atoms with van der Waals surface area (Å²) in [7, 11) is 0. The van der Waals surface area contributed by atoms with Gasteiger partial charge in [0.1, 0.15) is 0 Å². The molecule has 0 saturated heterocycles. The Labute approximate surface area is 56.1 Å². The summed E-state index contributed by atoms with van der Waals surface area (Å²) in [5.74, 6) is 0. The Morgan fingerprint density at radius 2 is 0.600 bits per heavy atom. The zero-order chi connectivity index (χ0) is 0. The van der Waals surface area contributed by atoms with E-state index in [1.54, 1.807) is 0 Å². The Kier molecular flexibility index (Phi) is 1640. The number of rotatable bonds is 0. The van der Waals surface area contributed by atoms with Gasteiger partial charge in [-0.05, 0) is 0 Å². The first-order chi connectivity index (χ1) is 0. The van der Waals surface area contributed by atoms with Crippen LogP contribution < -0.4 is 33.0 Å². The van der Waals surface area contributed by atoms with E-state index in [1.165, 1.54) is 0 Å². The van der Waals surface area contributed by atoms with E-state index in [2.05, 4.69) is 0 Å². The molecule has 0 rings (SSSR count). The van der Waals surface area contributed by atoms with E-state index in [4.69, 9.17) is 0 Å². The normalized spacial score (nSPS) is 0. The van der Waals surface area contributed by atoms with Crippen molar-refractivity contribution in [1.29, 1.82) is 0 Å².